The molecule has 0 aliphatic heterocycles. The van der Waals surface area contributed by atoms with Crippen LogP contribution in [0.1, 0.15) is 22.8 Å². The van der Waals surface area contributed by atoms with Gasteiger partial charge < -0.3 is 19.5 Å². The second kappa shape index (κ2) is 10.5. The highest BCUT2D eigenvalue weighted by Gasteiger charge is 2.08. The van der Waals surface area contributed by atoms with Crippen LogP contribution in [0.15, 0.2) is 54.6 Å². The van der Waals surface area contributed by atoms with Crippen LogP contribution < -0.4 is 10.1 Å². The van der Waals surface area contributed by atoms with Crippen molar-refractivity contribution in [1.82, 2.24) is 0 Å². The normalized spacial score (nSPS) is 10.4. The maximum atomic E-state index is 11.8. The van der Waals surface area contributed by atoms with E-state index < -0.39 is 24.5 Å². The minimum Gasteiger partial charge on any atom is -0.494 e. The van der Waals surface area contributed by atoms with E-state index in [-0.39, 0.29) is 0 Å². The minimum atomic E-state index is -0.634. The number of hydrogen-bond acceptors (Lipinski definition) is 6. The third-order valence-electron chi connectivity index (χ3n) is 3.54. The van der Waals surface area contributed by atoms with Crippen LogP contribution in [0.4, 0.5) is 5.69 Å². The molecule has 0 bridgehead atoms. The minimum absolute atomic E-state index is 0.367. The number of nitrogens with one attached hydrogen (secondary N) is 1. The zero-order chi connectivity index (χ0) is 20.4. The number of hydrogen-bond donors (Lipinski definition) is 1. The molecule has 1 N–H and O–H groups in total. The smallest absolute Gasteiger partial charge is 0.337 e. The Kier molecular flexibility index (Phi) is 7.77. The third-order valence-corrected chi connectivity index (χ3v) is 3.54. The summed E-state index contributed by atoms with van der Waals surface area (Å²) in [5.74, 6) is -0.844. The van der Waals surface area contributed by atoms with Crippen LogP contribution >= 0.6 is 0 Å². The summed E-state index contributed by atoms with van der Waals surface area (Å²) in [5, 5.41) is 2.57. The summed E-state index contributed by atoms with van der Waals surface area (Å²) in [6.45, 7) is 2.06. The molecule has 0 aliphatic rings. The van der Waals surface area contributed by atoms with E-state index in [1.54, 1.807) is 42.5 Å². The average molecular weight is 383 g/mol. The number of methoxy groups -OCH3 is 1. The molecule has 0 saturated heterocycles. The van der Waals surface area contributed by atoms with Gasteiger partial charge in [-0.2, -0.15) is 0 Å². The van der Waals surface area contributed by atoms with Crippen molar-refractivity contribution < 1.29 is 28.6 Å². The van der Waals surface area contributed by atoms with Gasteiger partial charge in [-0.15, -0.1) is 0 Å². The molecule has 7 heteroatoms. The van der Waals surface area contributed by atoms with E-state index in [2.05, 4.69) is 10.1 Å². The van der Waals surface area contributed by atoms with E-state index in [0.717, 1.165) is 11.3 Å². The van der Waals surface area contributed by atoms with Crippen molar-refractivity contribution in [2.75, 3.05) is 25.6 Å². The monoisotopic (exact) mass is 383 g/mol. The second-order valence-corrected chi connectivity index (χ2v) is 5.56. The first-order valence-electron chi connectivity index (χ1n) is 8.57. The number of anilines is 1. The summed E-state index contributed by atoms with van der Waals surface area (Å²) in [7, 11) is 1.29. The van der Waals surface area contributed by atoms with Gasteiger partial charge in [-0.25, -0.2) is 9.59 Å². The van der Waals surface area contributed by atoms with E-state index in [1.165, 1.54) is 25.3 Å². The van der Waals surface area contributed by atoms with Gasteiger partial charge in [-0.05, 0) is 55.0 Å². The van der Waals surface area contributed by atoms with Crippen LogP contribution in [-0.4, -0.2) is 38.2 Å². The molecule has 0 radical (unpaired) electrons. The van der Waals surface area contributed by atoms with Gasteiger partial charge in [0.2, 0.25) is 0 Å². The van der Waals surface area contributed by atoms with Crippen LogP contribution in [0.3, 0.4) is 0 Å². The quantitative estimate of drug-likeness (QED) is 0.556. The topological polar surface area (TPSA) is 90.9 Å². The van der Waals surface area contributed by atoms with Gasteiger partial charge >= 0.3 is 11.9 Å². The molecule has 7 nitrogen and oxygen atoms in total. The zero-order valence-corrected chi connectivity index (χ0v) is 15.6. The molecule has 2 rings (SSSR count). The summed E-state index contributed by atoms with van der Waals surface area (Å²) in [6.07, 6.45) is 2.83. The summed E-state index contributed by atoms with van der Waals surface area (Å²) >= 11 is 0. The maximum Gasteiger partial charge on any atom is 0.337 e. The van der Waals surface area contributed by atoms with Gasteiger partial charge in [-0.3, -0.25) is 4.79 Å². The SMILES string of the molecule is CCOc1ccc(/C=C/C(=O)OCC(=O)Nc2ccc(C(=O)OC)cc2)cc1. The molecular formula is C21H21NO6. The molecule has 0 unspecified atom stereocenters. The van der Waals surface area contributed by atoms with Crippen molar-refractivity contribution in [3.8, 4) is 5.75 Å². The van der Waals surface area contributed by atoms with E-state index in [9.17, 15) is 14.4 Å². The van der Waals surface area contributed by atoms with Crippen molar-refractivity contribution in [2.24, 2.45) is 0 Å². The van der Waals surface area contributed by atoms with Gasteiger partial charge in [-0.1, -0.05) is 12.1 Å². The van der Waals surface area contributed by atoms with Gasteiger partial charge in [0.05, 0.1) is 19.3 Å². The molecule has 1 amide bonds. The first-order chi connectivity index (χ1) is 13.5. The fourth-order valence-electron chi connectivity index (χ4n) is 2.20. The van der Waals surface area contributed by atoms with E-state index in [0.29, 0.717) is 17.9 Å². The van der Waals surface area contributed by atoms with Gasteiger partial charge in [0.15, 0.2) is 6.61 Å². The summed E-state index contributed by atoms with van der Waals surface area (Å²) in [5.41, 5.74) is 1.64. The van der Waals surface area contributed by atoms with Gasteiger partial charge in [0, 0.05) is 11.8 Å². The van der Waals surface area contributed by atoms with E-state index >= 15 is 0 Å². The lowest BCUT2D eigenvalue weighted by molar-refractivity contribution is -0.142. The first kappa shape index (κ1) is 20.7. The van der Waals surface area contributed by atoms with Crippen LogP contribution in [0.2, 0.25) is 0 Å². The Bertz CT molecular complexity index is 840. The Morgan fingerprint density at radius 1 is 1.00 bits per heavy atom. The van der Waals surface area contributed by atoms with Crippen molar-refractivity contribution in [1.29, 1.82) is 0 Å². The zero-order valence-electron chi connectivity index (χ0n) is 15.6. The van der Waals surface area contributed by atoms with Crippen LogP contribution in [0.25, 0.3) is 6.08 Å². The number of carbonyl (C=O) groups excluding carboxylic acids is 3. The van der Waals surface area contributed by atoms with Crippen LogP contribution in [0.5, 0.6) is 5.75 Å². The lowest BCUT2D eigenvalue weighted by atomic mass is 10.2. The molecule has 0 heterocycles. The highest BCUT2D eigenvalue weighted by Crippen LogP contribution is 2.13. The average Bonchev–Trinajstić information content (AvgIpc) is 2.72. The summed E-state index contributed by atoms with van der Waals surface area (Å²) in [6, 6.07) is 13.4. The summed E-state index contributed by atoms with van der Waals surface area (Å²) in [4.78, 5) is 34.9. The Hall–Kier alpha value is -3.61. The molecule has 0 aromatic heterocycles. The molecule has 0 spiro atoms. The van der Waals surface area contributed by atoms with Gasteiger partial charge in [0.25, 0.3) is 5.91 Å². The van der Waals surface area contributed by atoms with Crippen molar-refractivity contribution >= 4 is 29.6 Å². The van der Waals surface area contributed by atoms with Crippen molar-refractivity contribution in [3.05, 3.63) is 65.7 Å². The fraction of sp³-hybridized carbons (Fsp3) is 0.190. The molecule has 0 saturated carbocycles. The molecule has 2 aromatic rings. The molecule has 0 atom stereocenters. The van der Waals surface area contributed by atoms with Crippen molar-refractivity contribution in [2.45, 2.75) is 6.92 Å². The Morgan fingerprint density at radius 2 is 1.68 bits per heavy atom. The Morgan fingerprint density at radius 3 is 2.29 bits per heavy atom. The lowest BCUT2D eigenvalue weighted by Crippen LogP contribution is -2.20. The molecule has 28 heavy (non-hydrogen) atoms. The Labute approximate surface area is 162 Å². The maximum absolute atomic E-state index is 11.8. The number of rotatable bonds is 8. The van der Waals surface area contributed by atoms with Crippen LogP contribution in [0, 0.1) is 0 Å². The second-order valence-electron chi connectivity index (χ2n) is 5.56. The predicted octanol–water partition coefficient (Wildman–Crippen LogP) is 3.07. The Balaban J connectivity index is 1.78. The predicted molar refractivity (Wildman–Crippen MR) is 104 cm³/mol. The van der Waals surface area contributed by atoms with E-state index in [1.807, 2.05) is 6.92 Å². The lowest BCUT2D eigenvalue weighted by Gasteiger charge is -2.06. The number of ether oxygens (including phenoxy) is 3. The molecule has 146 valence electrons. The van der Waals surface area contributed by atoms with Crippen molar-refractivity contribution in [3.63, 3.8) is 0 Å². The number of amides is 1. The first-order valence-corrected chi connectivity index (χ1v) is 8.57. The van der Waals surface area contributed by atoms with Crippen LogP contribution in [-0.2, 0) is 19.1 Å². The fourth-order valence-corrected chi connectivity index (χ4v) is 2.20. The molecule has 0 fully saturated rings. The highest BCUT2D eigenvalue weighted by atomic mass is 16.5. The highest BCUT2D eigenvalue weighted by molar-refractivity contribution is 5.95. The van der Waals surface area contributed by atoms with Gasteiger partial charge in [0.1, 0.15) is 5.75 Å². The standard InChI is InChI=1S/C21H21NO6/c1-3-27-18-11-4-15(5-12-18)6-13-20(24)28-14-19(23)22-17-9-7-16(8-10-17)21(25)26-2/h4-13H,3,14H2,1-2H3,(H,22,23)/b13-6+. The largest absolute Gasteiger partial charge is 0.494 e. The summed E-state index contributed by atoms with van der Waals surface area (Å²) < 4.78 is 14.8. The number of benzene rings is 2. The third kappa shape index (κ3) is 6.60. The number of carbonyl (C=O) groups is 3. The molecule has 0 aliphatic carbocycles. The molecule has 2 aromatic carbocycles. The molecular weight excluding hydrogens is 362 g/mol. The van der Waals surface area contributed by atoms with E-state index in [4.69, 9.17) is 9.47 Å². The number of esters is 2.